The Balaban J connectivity index is 1.45. The lowest BCUT2D eigenvalue weighted by Gasteiger charge is -2.48. The molecule has 2 aromatic heterocycles. The summed E-state index contributed by atoms with van der Waals surface area (Å²) in [5.41, 5.74) is 1.37. The molecular weight excluding hydrogens is 349 g/mol. The molecule has 26 heavy (non-hydrogen) atoms. The SMILES string of the molecule is O=C(c1sccc1F)N1CCCC2(CCCN(Cc3cccnc3)C2)C1. The van der Waals surface area contributed by atoms with E-state index in [-0.39, 0.29) is 22.0 Å². The smallest absolute Gasteiger partial charge is 0.266 e. The third-order valence-electron chi connectivity index (χ3n) is 5.63. The number of halogens is 1. The van der Waals surface area contributed by atoms with Gasteiger partial charge in [0, 0.05) is 44.0 Å². The second kappa shape index (κ2) is 7.45. The Labute approximate surface area is 157 Å². The summed E-state index contributed by atoms with van der Waals surface area (Å²) in [6, 6.07) is 5.48. The van der Waals surface area contributed by atoms with Crippen molar-refractivity contribution in [3.63, 3.8) is 0 Å². The molecule has 0 N–H and O–H groups in total. The van der Waals surface area contributed by atoms with Crippen molar-refractivity contribution < 1.29 is 9.18 Å². The predicted octanol–water partition coefficient (Wildman–Crippen LogP) is 3.80. The van der Waals surface area contributed by atoms with Crippen molar-refractivity contribution in [3.8, 4) is 0 Å². The number of rotatable bonds is 3. The van der Waals surface area contributed by atoms with Crippen LogP contribution in [0, 0.1) is 11.2 Å². The van der Waals surface area contributed by atoms with Crippen LogP contribution in [-0.4, -0.2) is 46.9 Å². The van der Waals surface area contributed by atoms with Crippen LogP contribution in [0.15, 0.2) is 36.0 Å². The van der Waals surface area contributed by atoms with Crippen molar-refractivity contribution >= 4 is 17.2 Å². The molecule has 0 radical (unpaired) electrons. The van der Waals surface area contributed by atoms with Gasteiger partial charge in [-0.1, -0.05) is 6.07 Å². The zero-order chi connectivity index (χ0) is 18.0. The fourth-order valence-corrected chi connectivity index (χ4v) is 5.23. The molecule has 1 spiro atoms. The number of nitrogens with zero attached hydrogens (tertiary/aromatic N) is 3. The molecule has 0 aromatic carbocycles. The average molecular weight is 373 g/mol. The van der Waals surface area contributed by atoms with Gasteiger partial charge in [-0.2, -0.15) is 0 Å². The maximum Gasteiger partial charge on any atom is 0.266 e. The summed E-state index contributed by atoms with van der Waals surface area (Å²) in [7, 11) is 0. The summed E-state index contributed by atoms with van der Waals surface area (Å²) in [4.78, 5) is 21.6. The zero-order valence-corrected chi connectivity index (χ0v) is 15.7. The van der Waals surface area contributed by atoms with Crippen molar-refractivity contribution in [1.82, 2.24) is 14.8 Å². The topological polar surface area (TPSA) is 36.4 Å². The van der Waals surface area contributed by atoms with E-state index in [1.807, 2.05) is 17.2 Å². The van der Waals surface area contributed by atoms with Gasteiger partial charge in [0.1, 0.15) is 10.7 Å². The van der Waals surface area contributed by atoms with Crippen LogP contribution in [-0.2, 0) is 6.54 Å². The van der Waals surface area contributed by atoms with Crippen molar-refractivity contribution in [2.24, 2.45) is 5.41 Å². The van der Waals surface area contributed by atoms with Crippen LogP contribution in [0.2, 0.25) is 0 Å². The van der Waals surface area contributed by atoms with Gasteiger partial charge in [-0.3, -0.25) is 14.7 Å². The summed E-state index contributed by atoms with van der Waals surface area (Å²) >= 11 is 1.21. The lowest BCUT2D eigenvalue weighted by atomic mass is 9.73. The van der Waals surface area contributed by atoms with E-state index in [1.54, 1.807) is 11.6 Å². The Morgan fingerprint density at radius 3 is 2.81 bits per heavy atom. The number of piperidine rings is 2. The van der Waals surface area contributed by atoms with Gasteiger partial charge in [0.2, 0.25) is 0 Å². The molecule has 1 unspecified atom stereocenters. The molecule has 2 aromatic rings. The molecule has 0 aliphatic carbocycles. The van der Waals surface area contributed by atoms with Crippen LogP contribution in [0.3, 0.4) is 0 Å². The third kappa shape index (κ3) is 3.67. The van der Waals surface area contributed by atoms with Gasteiger partial charge in [-0.25, -0.2) is 4.39 Å². The predicted molar refractivity (Wildman–Crippen MR) is 101 cm³/mol. The molecule has 4 rings (SSSR count). The summed E-state index contributed by atoms with van der Waals surface area (Å²) < 4.78 is 13.8. The van der Waals surface area contributed by atoms with Gasteiger partial charge in [0.15, 0.2) is 0 Å². The Bertz CT molecular complexity index is 761. The second-order valence-corrected chi connectivity index (χ2v) is 8.52. The minimum Gasteiger partial charge on any atom is -0.337 e. The first kappa shape index (κ1) is 17.6. The van der Waals surface area contributed by atoms with Crippen molar-refractivity contribution in [3.05, 3.63) is 52.2 Å². The van der Waals surface area contributed by atoms with Crippen LogP contribution in [0.1, 0.15) is 40.9 Å². The number of likely N-dealkylation sites (tertiary alicyclic amines) is 2. The van der Waals surface area contributed by atoms with Gasteiger partial charge >= 0.3 is 0 Å². The molecule has 2 aliphatic heterocycles. The zero-order valence-electron chi connectivity index (χ0n) is 14.9. The highest BCUT2D eigenvalue weighted by Gasteiger charge is 2.40. The largest absolute Gasteiger partial charge is 0.337 e. The monoisotopic (exact) mass is 373 g/mol. The van der Waals surface area contributed by atoms with Crippen molar-refractivity contribution in [2.45, 2.75) is 32.2 Å². The van der Waals surface area contributed by atoms with Crippen LogP contribution in [0.4, 0.5) is 4.39 Å². The first-order chi connectivity index (χ1) is 12.7. The average Bonchev–Trinajstić information content (AvgIpc) is 3.08. The summed E-state index contributed by atoms with van der Waals surface area (Å²) in [6.45, 7) is 4.47. The van der Waals surface area contributed by atoms with Crippen molar-refractivity contribution in [2.75, 3.05) is 26.2 Å². The highest BCUT2D eigenvalue weighted by atomic mass is 32.1. The number of amides is 1. The third-order valence-corrected chi connectivity index (χ3v) is 6.51. The van der Waals surface area contributed by atoms with E-state index in [1.165, 1.54) is 23.0 Å². The van der Waals surface area contributed by atoms with Gasteiger partial charge < -0.3 is 4.90 Å². The molecule has 4 nitrogen and oxygen atoms in total. The molecule has 2 aliphatic rings. The van der Waals surface area contributed by atoms with E-state index in [4.69, 9.17) is 0 Å². The highest BCUT2D eigenvalue weighted by Crippen LogP contribution is 2.39. The van der Waals surface area contributed by atoms with Gasteiger partial charge in [-0.05, 0) is 55.3 Å². The normalized spacial score (nSPS) is 24.1. The maximum atomic E-state index is 13.8. The molecule has 6 heteroatoms. The van der Waals surface area contributed by atoms with Crippen LogP contribution in [0.25, 0.3) is 0 Å². The van der Waals surface area contributed by atoms with E-state index >= 15 is 0 Å². The summed E-state index contributed by atoms with van der Waals surface area (Å²) in [5, 5.41) is 1.65. The van der Waals surface area contributed by atoms with Crippen LogP contribution < -0.4 is 0 Å². The minimum atomic E-state index is -0.388. The van der Waals surface area contributed by atoms with E-state index in [2.05, 4.69) is 16.0 Å². The Morgan fingerprint density at radius 1 is 1.23 bits per heavy atom. The molecule has 0 bridgehead atoms. The number of thiophene rings is 1. The number of hydrogen-bond donors (Lipinski definition) is 0. The molecule has 4 heterocycles. The number of pyridine rings is 1. The fourth-order valence-electron chi connectivity index (χ4n) is 4.50. The van der Waals surface area contributed by atoms with E-state index < -0.39 is 0 Å². The maximum absolute atomic E-state index is 13.8. The standard InChI is InChI=1S/C20H24FN3OS/c21-17-5-11-26-18(17)19(25)24-10-3-7-20(15-24)6-2-9-23(14-20)13-16-4-1-8-22-12-16/h1,4-5,8,11-12H,2-3,6-7,9-10,13-15H2. The van der Waals surface area contributed by atoms with Gasteiger partial charge in [0.05, 0.1) is 0 Å². The summed E-state index contributed by atoms with van der Waals surface area (Å²) in [5.74, 6) is -0.526. The van der Waals surface area contributed by atoms with Gasteiger partial charge in [-0.15, -0.1) is 11.3 Å². The lowest BCUT2D eigenvalue weighted by molar-refractivity contribution is 0.0113. The lowest BCUT2D eigenvalue weighted by Crippen LogP contribution is -2.53. The molecule has 2 fully saturated rings. The van der Waals surface area contributed by atoms with E-state index in [0.717, 1.165) is 58.4 Å². The van der Waals surface area contributed by atoms with E-state index in [9.17, 15) is 9.18 Å². The summed E-state index contributed by atoms with van der Waals surface area (Å²) in [6.07, 6.45) is 8.17. The molecule has 0 saturated carbocycles. The van der Waals surface area contributed by atoms with Gasteiger partial charge in [0.25, 0.3) is 5.91 Å². The minimum absolute atomic E-state index is 0.138. The Morgan fingerprint density at radius 2 is 2.08 bits per heavy atom. The number of carbonyl (C=O) groups is 1. The van der Waals surface area contributed by atoms with Crippen molar-refractivity contribution in [1.29, 1.82) is 0 Å². The number of hydrogen-bond acceptors (Lipinski definition) is 4. The Hall–Kier alpha value is -1.79. The second-order valence-electron chi connectivity index (χ2n) is 7.60. The Kier molecular flexibility index (Phi) is 5.05. The number of carbonyl (C=O) groups excluding carboxylic acids is 1. The number of aromatic nitrogens is 1. The molecular formula is C20H24FN3OS. The molecule has 1 amide bonds. The fraction of sp³-hybridized carbons (Fsp3) is 0.500. The molecule has 1 atom stereocenters. The first-order valence-corrected chi connectivity index (χ1v) is 10.2. The molecule has 2 saturated heterocycles. The first-order valence-electron chi connectivity index (χ1n) is 9.29. The van der Waals surface area contributed by atoms with Crippen LogP contribution in [0.5, 0.6) is 0 Å². The van der Waals surface area contributed by atoms with E-state index in [0.29, 0.717) is 0 Å². The quantitative estimate of drug-likeness (QED) is 0.821. The van der Waals surface area contributed by atoms with Crippen LogP contribution >= 0.6 is 11.3 Å². The molecule has 138 valence electrons. The highest BCUT2D eigenvalue weighted by molar-refractivity contribution is 7.12.